The van der Waals surface area contributed by atoms with Crippen LogP contribution in [0.25, 0.3) is 0 Å². The van der Waals surface area contributed by atoms with Crippen LogP contribution in [-0.2, 0) is 10.0 Å². The van der Waals surface area contributed by atoms with E-state index in [2.05, 4.69) is 13.8 Å². The summed E-state index contributed by atoms with van der Waals surface area (Å²) in [6, 6.07) is 0.421. The van der Waals surface area contributed by atoms with E-state index >= 15 is 0 Å². The minimum Gasteiger partial charge on any atom is -0.328 e. The summed E-state index contributed by atoms with van der Waals surface area (Å²) in [6.45, 7) is 4.10. The van der Waals surface area contributed by atoms with E-state index in [1.54, 1.807) is 11.4 Å². The lowest BCUT2D eigenvalue weighted by Gasteiger charge is -2.32. The first-order valence-electron chi connectivity index (χ1n) is 6.54. The molecular weight excluding hydrogens is 236 g/mol. The summed E-state index contributed by atoms with van der Waals surface area (Å²) < 4.78 is 25.8. The van der Waals surface area contributed by atoms with Crippen LogP contribution in [0.3, 0.4) is 0 Å². The summed E-state index contributed by atoms with van der Waals surface area (Å²) in [4.78, 5) is 0. The highest BCUT2D eigenvalue weighted by Gasteiger charge is 2.29. The second kappa shape index (κ2) is 6.16. The molecule has 0 heterocycles. The van der Waals surface area contributed by atoms with E-state index in [0.717, 1.165) is 32.1 Å². The van der Waals surface area contributed by atoms with E-state index < -0.39 is 10.0 Å². The molecule has 0 atom stereocenters. The van der Waals surface area contributed by atoms with Gasteiger partial charge in [0.1, 0.15) is 0 Å². The molecule has 0 aromatic rings. The molecule has 1 rings (SSSR count). The Hall–Kier alpha value is -0.130. The Kier molecular flexibility index (Phi) is 5.41. The molecule has 0 unspecified atom stereocenters. The van der Waals surface area contributed by atoms with Crippen LogP contribution in [-0.4, -0.2) is 37.6 Å². The normalized spacial score (nSPS) is 26.7. The van der Waals surface area contributed by atoms with E-state index in [-0.39, 0.29) is 17.8 Å². The summed E-state index contributed by atoms with van der Waals surface area (Å²) in [5.74, 6) is 0.696. The summed E-state index contributed by atoms with van der Waals surface area (Å²) in [7, 11) is -1.36. The molecule has 0 aromatic heterocycles. The van der Waals surface area contributed by atoms with Crippen LogP contribution in [0.15, 0.2) is 0 Å². The van der Waals surface area contributed by atoms with Gasteiger partial charge in [0.2, 0.25) is 10.0 Å². The molecule has 102 valence electrons. The Morgan fingerprint density at radius 1 is 1.24 bits per heavy atom. The highest BCUT2D eigenvalue weighted by molar-refractivity contribution is 7.89. The van der Waals surface area contributed by atoms with Crippen LogP contribution in [0.1, 0.15) is 46.0 Å². The van der Waals surface area contributed by atoms with Crippen LogP contribution >= 0.6 is 0 Å². The second-order valence-corrected chi connectivity index (χ2v) is 7.73. The van der Waals surface area contributed by atoms with Crippen molar-refractivity contribution in [2.75, 3.05) is 12.8 Å². The minimum absolute atomic E-state index is 0.159. The topological polar surface area (TPSA) is 63.4 Å². The third-order valence-corrected chi connectivity index (χ3v) is 5.57. The summed E-state index contributed by atoms with van der Waals surface area (Å²) in [6.07, 6.45) is 4.42. The standard InChI is InChI=1S/C12H26N2O2S/c1-10(2)8-9-17(15,16)14(3)12-6-4-11(13)5-7-12/h10-12H,4-9,13H2,1-3H3. The van der Waals surface area contributed by atoms with Crippen molar-refractivity contribution in [3.8, 4) is 0 Å². The van der Waals surface area contributed by atoms with Crippen molar-refractivity contribution in [2.24, 2.45) is 11.7 Å². The van der Waals surface area contributed by atoms with E-state index in [1.165, 1.54) is 0 Å². The lowest BCUT2D eigenvalue weighted by atomic mass is 9.92. The zero-order valence-electron chi connectivity index (χ0n) is 11.2. The Morgan fingerprint density at radius 3 is 2.24 bits per heavy atom. The van der Waals surface area contributed by atoms with Crippen LogP contribution in [0.5, 0.6) is 0 Å². The van der Waals surface area contributed by atoms with Gasteiger partial charge in [-0.1, -0.05) is 13.8 Å². The van der Waals surface area contributed by atoms with Gasteiger partial charge in [-0.3, -0.25) is 0 Å². The molecule has 4 nitrogen and oxygen atoms in total. The van der Waals surface area contributed by atoms with Gasteiger partial charge in [0.05, 0.1) is 5.75 Å². The fraction of sp³-hybridized carbons (Fsp3) is 1.00. The minimum atomic E-state index is -3.08. The first-order valence-corrected chi connectivity index (χ1v) is 8.15. The number of hydrogen-bond donors (Lipinski definition) is 1. The fourth-order valence-corrected chi connectivity index (χ4v) is 3.94. The quantitative estimate of drug-likeness (QED) is 0.818. The van der Waals surface area contributed by atoms with Crippen molar-refractivity contribution in [1.29, 1.82) is 0 Å². The molecule has 0 aliphatic heterocycles. The monoisotopic (exact) mass is 262 g/mol. The van der Waals surface area contributed by atoms with Gasteiger partial charge in [-0.25, -0.2) is 12.7 Å². The summed E-state index contributed by atoms with van der Waals surface area (Å²) in [5, 5.41) is 0. The summed E-state index contributed by atoms with van der Waals surface area (Å²) >= 11 is 0. The Balaban J connectivity index is 2.53. The molecule has 2 N–H and O–H groups in total. The maximum absolute atomic E-state index is 12.1. The number of nitrogens with zero attached hydrogens (tertiary/aromatic N) is 1. The first kappa shape index (κ1) is 14.9. The molecule has 0 bridgehead atoms. The van der Waals surface area contributed by atoms with Gasteiger partial charge in [-0.05, 0) is 38.0 Å². The molecule has 0 aromatic carbocycles. The van der Waals surface area contributed by atoms with Crippen LogP contribution < -0.4 is 5.73 Å². The van der Waals surface area contributed by atoms with Gasteiger partial charge in [-0.2, -0.15) is 0 Å². The first-order chi connectivity index (χ1) is 7.83. The third kappa shape index (κ3) is 4.56. The lowest BCUT2D eigenvalue weighted by molar-refractivity contribution is 0.268. The van der Waals surface area contributed by atoms with Crippen molar-refractivity contribution in [3.05, 3.63) is 0 Å². The molecule has 1 fully saturated rings. The molecule has 0 radical (unpaired) electrons. The predicted molar refractivity (Wildman–Crippen MR) is 71.2 cm³/mol. The van der Waals surface area contributed by atoms with Gasteiger partial charge in [0.25, 0.3) is 0 Å². The van der Waals surface area contributed by atoms with Gasteiger partial charge < -0.3 is 5.73 Å². The maximum atomic E-state index is 12.1. The maximum Gasteiger partial charge on any atom is 0.214 e. The molecule has 1 aliphatic rings. The average molecular weight is 262 g/mol. The van der Waals surface area contributed by atoms with Gasteiger partial charge in [0.15, 0.2) is 0 Å². The molecular formula is C12H26N2O2S. The van der Waals surface area contributed by atoms with Crippen LogP contribution in [0.4, 0.5) is 0 Å². The molecule has 0 amide bonds. The van der Waals surface area contributed by atoms with Crippen molar-refractivity contribution in [2.45, 2.75) is 58.0 Å². The van der Waals surface area contributed by atoms with E-state index in [1.807, 2.05) is 0 Å². The number of rotatable bonds is 5. The highest BCUT2D eigenvalue weighted by Crippen LogP contribution is 2.23. The van der Waals surface area contributed by atoms with E-state index in [4.69, 9.17) is 5.73 Å². The number of sulfonamides is 1. The molecule has 1 saturated carbocycles. The summed E-state index contributed by atoms with van der Waals surface area (Å²) in [5.41, 5.74) is 5.84. The third-order valence-electron chi connectivity index (χ3n) is 3.65. The van der Waals surface area contributed by atoms with Crippen molar-refractivity contribution >= 4 is 10.0 Å². The molecule has 1 aliphatic carbocycles. The largest absolute Gasteiger partial charge is 0.328 e. The number of nitrogens with two attached hydrogens (primary N) is 1. The highest BCUT2D eigenvalue weighted by atomic mass is 32.2. The van der Waals surface area contributed by atoms with Crippen molar-refractivity contribution < 1.29 is 8.42 Å². The van der Waals surface area contributed by atoms with Crippen LogP contribution in [0, 0.1) is 5.92 Å². The Labute approximate surface area is 106 Å². The predicted octanol–water partition coefficient (Wildman–Crippen LogP) is 1.56. The van der Waals surface area contributed by atoms with Crippen LogP contribution in [0.2, 0.25) is 0 Å². The average Bonchev–Trinajstić information content (AvgIpc) is 2.27. The smallest absolute Gasteiger partial charge is 0.214 e. The lowest BCUT2D eigenvalue weighted by Crippen LogP contribution is -2.42. The SMILES string of the molecule is CC(C)CCS(=O)(=O)N(C)C1CCC(N)CC1. The van der Waals surface area contributed by atoms with Gasteiger partial charge in [-0.15, -0.1) is 0 Å². The zero-order chi connectivity index (χ0) is 13.1. The Morgan fingerprint density at radius 2 is 1.76 bits per heavy atom. The zero-order valence-corrected chi connectivity index (χ0v) is 12.0. The van der Waals surface area contributed by atoms with Crippen molar-refractivity contribution in [3.63, 3.8) is 0 Å². The molecule has 0 spiro atoms. The molecule has 5 heteroatoms. The van der Waals surface area contributed by atoms with Crippen molar-refractivity contribution in [1.82, 2.24) is 4.31 Å². The fourth-order valence-electron chi connectivity index (χ4n) is 2.22. The van der Waals surface area contributed by atoms with Gasteiger partial charge >= 0.3 is 0 Å². The second-order valence-electron chi connectivity index (χ2n) is 5.58. The molecule has 17 heavy (non-hydrogen) atoms. The van der Waals surface area contributed by atoms with Gasteiger partial charge in [0, 0.05) is 19.1 Å². The molecule has 0 saturated heterocycles. The Bertz CT molecular complexity index is 319. The van der Waals surface area contributed by atoms with E-state index in [9.17, 15) is 8.42 Å². The number of hydrogen-bond acceptors (Lipinski definition) is 3. The van der Waals surface area contributed by atoms with E-state index in [0.29, 0.717) is 5.92 Å².